The van der Waals surface area contributed by atoms with Crippen LogP contribution in [0.25, 0.3) is 11.4 Å². The summed E-state index contributed by atoms with van der Waals surface area (Å²) in [5, 5.41) is 7.29. The molecule has 9 nitrogen and oxygen atoms in total. The predicted octanol–water partition coefficient (Wildman–Crippen LogP) is 3.34. The Morgan fingerprint density at radius 2 is 1.56 bits per heavy atom. The van der Waals surface area contributed by atoms with Gasteiger partial charge in [-0.15, -0.1) is 0 Å². The van der Waals surface area contributed by atoms with Gasteiger partial charge in [-0.1, -0.05) is 65.8 Å². The Balaban J connectivity index is 1.30. The van der Waals surface area contributed by atoms with Crippen LogP contribution in [-0.4, -0.2) is 33.0 Å². The van der Waals surface area contributed by atoms with E-state index in [4.69, 9.17) is 4.52 Å². The summed E-state index contributed by atoms with van der Waals surface area (Å²) in [7, 11) is 0. The number of carbonyl (C=O) groups excluding carboxylic acids is 3. The molecule has 0 saturated carbocycles. The van der Waals surface area contributed by atoms with Gasteiger partial charge >= 0.3 is 6.03 Å². The number of aryl methyl sites for hydroxylation is 1. The minimum absolute atomic E-state index is 0.0756. The van der Waals surface area contributed by atoms with Gasteiger partial charge in [0.15, 0.2) is 5.54 Å². The second kappa shape index (κ2) is 9.41. The number of carbonyl (C=O) groups is 3. The molecule has 36 heavy (non-hydrogen) atoms. The lowest BCUT2D eigenvalue weighted by molar-refractivity contribution is -0.138. The lowest BCUT2D eigenvalue weighted by Crippen LogP contribution is -2.49. The molecule has 2 N–H and O–H groups in total. The first-order valence-corrected chi connectivity index (χ1v) is 11.1. The number of halogens is 1. The Morgan fingerprint density at radius 3 is 2.17 bits per heavy atom. The maximum atomic E-state index is 13.6. The van der Waals surface area contributed by atoms with Crippen LogP contribution in [0.3, 0.4) is 0 Å². The highest BCUT2D eigenvalue weighted by Crippen LogP contribution is 2.35. The fraction of sp³-hybridized carbons (Fsp3) is 0.115. The normalized spacial score (nSPS) is 14.5. The van der Waals surface area contributed by atoms with E-state index in [1.54, 1.807) is 48.5 Å². The first-order valence-electron chi connectivity index (χ1n) is 11.1. The fourth-order valence-electron chi connectivity index (χ4n) is 4.04. The van der Waals surface area contributed by atoms with Crippen molar-refractivity contribution >= 4 is 17.8 Å². The first kappa shape index (κ1) is 22.9. The molecule has 2 heterocycles. The Hall–Kier alpha value is -4.86. The number of hydrogen-bond acceptors (Lipinski definition) is 6. The number of hydrazine groups is 1. The van der Waals surface area contributed by atoms with Gasteiger partial charge in [0.2, 0.25) is 17.6 Å². The van der Waals surface area contributed by atoms with Crippen LogP contribution >= 0.6 is 0 Å². The molecule has 1 aliphatic heterocycles. The molecule has 1 aromatic heterocycles. The SMILES string of the molecule is O=C(CCc1nc(-c2ccc(F)cc2)no1)NN1C(=O)NC(c2ccccc2)(c2ccccc2)C1=O. The first-order chi connectivity index (χ1) is 17.5. The Labute approximate surface area is 204 Å². The molecule has 1 aliphatic rings. The average molecular weight is 485 g/mol. The molecule has 0 unspecified atom stereocenters. The van der Waals surface area contributed by atoms with Gasteiger partial charge in [0.25, 0.3) is 5.91 Å². The number of benzene rings is 3. The molecule has 10 heteroatoms. The largest absolute Gasteiger partial charge is 0.344 e. The zero-order valence-electron chi connectivity index (χ0n) is 18.8. The molecule has 0 bridgehead atoms. The van der Waals surface area contributed by atoms with E-state index in [0.717, 1.165) is 0 Å². The summed E-state index contributed by atoms with van der Waals surface area (Å²) in [6.07, 6.45) is -0.0437. The molecule has 4 aromatic rings. The number of nitrogens with one attached hydrogen (secondary N) is 2. The van der Waals surface area contributed by atoms with Crippen molar-refractivity contribution in [3.8, 4) is 11.4 Å². The summed E-state index contributed by atoms with van der Waals surface area (Å²) in [4.78, 5) is 43.3. The number of amides is 4. The summed E-state index contributed by atoms with van der Waals surface area (Å²) in [6, 6.07) is 22.5. The molecule has 4 amide bonds. The number of rotatable bonds is 7. The molecular formula is C26H20FN5O4. The van der Waals surface area contributed by atoms with Crippen LogP contribution in [0, 0.1) is 5.82 Å². The number of aromatic nitrogens is 2. The van der Waals surface area contributed by atoms with Gasteiger partial charge in [0.05, 0.1) is 0 Å². The monoisotopic (exact) mass is 485 g/mol. The van der Waals surface area contributed by atoms with E-state index in [9.17, 15) is 18.8 Å². The van der Waals surface area contributed by atoms with Crippen molar-refractivity contribution in [1.82, 2.24) is 25.9 Å². The summed E-state index contributed by atoms with van der Waals surface area (Å²) in [5.74, 6) is -1.16. The van der Waals surface area contributed by atoms with Crippen molar-refractivity contribution in [3.63, 3.8) is 0 Å². The van der Waals surface area contributed by atoms with Gasteiger partial charge < -0.3 is 9.84 Å². The number of imide groups is 1. The third-order valence-electron chi connectivity index (χ3n) is 5.81. The second-order valence-corrected chi connectivity index (χ2v) is 8.11. The van der Waals surface area contributed by atoms with E-state index in [-0.39, 0.29) is 30.4 Å². The quantitative estimate of drug-likeness (QED) is 0.388. The Morgan fingerprint density at radius 1 is 0.944 bits per heavy atom. The minimum atomic E-state index is -1.48. The van der Waals surface area contributed by atoms with Gasteiger partial charge in [-0.05, 0) is 35.4 Å². The maximum absolute atomic E-state index is 13.6. The van der Waals surface area contributed by atoms with Gasteiger partial charge in [-0.2, -0.15) is 9.99 Å². The summed E-state index contributed by atoms with van der Waals surface area (Å²) in [5.41, 5.74) is 2.59. The fourth-order valence-corrected chi connectivity index (χ4v) is 4.04. The van der Waals surface area contributed by atoms with Crippen LogP contribution in [0.1, 0.15) is 23.4 Å². The van der Waals surface area contributed by atoms with Crippen molar-refractivity contribution in [2.45, 2.75) is 18.4 Å². The Kier molecular flexibility index (Phi) is 5.99. The molecule has 0 atom stereocenters. The minimum Gasteiger partial charge on any atom is -0.339 e. The van der Waals surface area contributed by atoms with Crippen molar-refractivity contribution in [1.29, 1.82) is 0 Å². The standard InChI is InChI=1S/C26H20FN5O4/c27-20-13-11-17(12-14-20)23-28-22(36-31-23)16-15-21(33)30-32-24(34)26(29-25(32)35,18-7-3-1-4-8-18)19-9-5-2-6-10-19/h1-14H,15-16H2,(H,29,35)(H,30,33). The highest BCUT2D eigenvalue weighted by atomic mass is 19.1. The number of urea groups is 1. The highest BCUT2D eigenvalue weighted by molar-refractivity contribution is 6.10. The second-order valence-electron chi connectivity index (χ2n) is 8.11. The zero-order chi connectivity index (χ0) is 25.1. The zero-order valence-corrected chi connectivity index (χ0v) is 18.8. The van der Waals surface area contributed by atoms with Gasteiger partial charge in [0.1, 0.15) is 5.82 Å². The maximum Gasteiger partial charge on any atom is 0.344 e. The van der Waals surface area contributed by atoms with Crippen LogP contribution in [-0.2, 0) is 21.5 Å². The number of nitrogens with zero attached hydrogens (tertiary/aromatic N) is 3. The molecule has 3 aromatic carbocycles. The summed E-state index contributed by atoms with van der Waals surface area (Å²) < 4.78 is 18.3. The van der Waals surface area contributed by atoms with Crippen molar-refractivity contribution in [3.05, 3.63) is 108 Å². The van der Waals surface area contributed by atoms with Gasteiger partial charge in [0, 0.05) is 18.4 Å². The molecule has 180 valence electrons. The molecule has 1 saturated heterocycles. The van der Waals surface area contributed by atoms with Crippen molar-refractivity contribution < 1.29 is 23.3 Å². The van der Waals surface area contributed by atoms with E-state index in [1.807, 2.05) is 12.1 Å². The van der Waals surface area contributed by atoms with E-state index in [2.05, 4.69) is 20.9 Å². The molecule has 1 fully saturated rings. The van der Waals surface area contributed by atoms with Crippen LogP contribution in [0.4, 0.5) is 9.18 Å². The Bertz CT molecular complexity index is 1370. The highest BCUT2D eigenvalue weighted by Gasteiger charge is 2.54. The van der Waals surface area contributed by atoms with Gasteiger partial charge in [-0.25, -0.2) is 9.18 Å². The molecule has 0 radical (unpaired) electrons. The molecule has 0 spiro atoms. The smallest absolute Gasteiger partial charge is 0.339 e. The number of hydrogen-bond donors (Lipinski definition) is 2. The van der Waals surface area contributed by atoms with E-state index in [1.165, 1.54) is 24.3 Å². The van der Waals surface area contributed by atoms with Crippen LogP contribution in [0.5, 0.6) is 0 Å². The van der Waals surface area contributed by atoms with Crippen LogP contribution < -0.4 is 10.7 Å². The average Bonchev–Trinajstić information content (AvgIpc) is 3.48. The van der Waals surface area contributed by atoms with Crippen LogP contribution in [0.2, 0.25) is 0 Å². The van der Waals surface area contributed by atoms with Gasteiger partial charge in [-0.3, -0.25) is 15.0 Å². The van der Waals surface area contributed by atoms with E-state index < -0.39 is 23.4 Å². The van der Waals surface area contributed by atoms with Crippen molar-refractivity contribution in [2.24, 2.45) is 0 Å². The lowest BCUT2D eigenvalue weighted by atomic mass is 9.83. The molecule has 5 rings (SSSR count). The third kappa shape index (κ3) is 4.20. The topological polar surface area (TPSA) is 117 Å². The van der Waals surface area contributed by atoms with E-state index >= 15 is 0 Å². The van der Waals surface area contributed by atoms with Crippen LogP contribution in [0.15, 0.2) is 89.5 Å². The summed E-state index contributed by atoms with van der Waals surface area (Å²) in [6.45, 7) is 0. The van der Waals surface area contributed by atoms with E-state index in [0.29, 0.717) is 21.7 Å². The predicted molar refractivity (Wildman–Crippen MR) is 125 cm³/mol. The lowest BCUT2D eigenvalue weighted by Gasteiger charge is -2.27. The van der Waals surface area contributed by atoms with Crippen molar-refractivity contribution in [2.75, 3.05) is 0 Å². The summed E-state index contributed by atoms with van der Waals surface area (Å²) >= 11 is 0. The third-order valence-corrected chi connectivity index (χ3v) is 5.81. The molecular weight excluding hydrogens is 465 g/mol. The molecule has 0 aliphatic carbocycles.